The third-order valence-electron chi connectivity index (χ3n) is 2.37. The van der Waals surface area contributed by atoms with Gasteiger partial charge in [0, 0.05) is 11.1 Å². The zero-order valence-corrected chi connectivity index (χ0v) is 10.9. The molecule has 0 aliphatic carbocycles. The summed E-state index contributed by atoms with van der Waals surface area (Å²) in [6.07, 6.45) is 0. The lowest BCUT2D eigenvalue weighted by Gasteiger charge is -2.11. The second kappa shape index (κ2) is 5.43. The van der Waals surface area contributed by atoms with Crippen LogP contribution in [-0.4, -0.2) is 0 Å². The molecular weight excluding hydrogens is 293 g/mol. The number of nitrogens with one attached hydrogen (secondary N) is 1. The number of hydrogen-bond acceptors (Lipinski definition) is 2. The van der Waals surface area contributed by atoms with Crippen molar-refractivity contribution in [2.24, 2.45) is 0 Å². The minimum Gasteiger partial charge on any atom is -0.351 e. The van der Waals surface area contributed by atoms with Crippen LogP contribution in [0.15, 0.2) is 30.3 Å². The summed E-state index contributed by atoms with van der Waals surface area (Å²) in [6.45, 7) is 0. The molecule has 0 bridgehead atoms. The second-order valence-corrected chi connectivity index (χ2v) is 4.51. The van der Waals surface area contributed by atoms with Crippen LogP contribution in [-0.2, 0) is 0 Å². The van der Waals surface area contributed by atoms with Crippen LogP contribution in [0.3, 0.4) is 0 Å². The van der Waals surface area contributed by atoms with E-state index in [0.717, 1.165) is 6.07 Å². The summed E-state index contributed by atoms with van der Waals surface area (Å²) in [5, 5.41) is 11.9. The molecule has 0 spiro atoms. The van der Waals surface area contributed by atoms with Gasteiger partial charge < -0.3 is 5.32 Å². The highest BCUT2D eigenvalue weighted by molar-refractivity contribution is 6.33. The Morgan fingerprint density at radius 1 is 1.11 bits per heavy atom. The molecule has 0 fully saturated rings. The van der Waals surface area contributed by atoms with Crippen LogP contribution in [0.1, 0.15) is 5.56 Å². The van der Waals surface area contributed by atoms with E-state index in [-0.39, 0.29) is 16.3 Å². The molecule has 0 heterocycles. The van der Waals surface area contributed by atoms with Gasteiger partial charge >= 0.3 is 0 Å². The SMILES string of the molecule is N#Cc1cc(Cl)ccc1Nc1c(F)cc(F)cc1Cl. The van der Waals surface area contributed by atoms with Crippen LogP contribution in [0.4, 0.5) is 20.2 Å². The molecule has 0 amide bonds. The molecule has 2 aromatic rings. The van der Waals surface area contributed by atoms with Crippen molar-refractivity contribution in [1.29, 1.82) is 5.26 Å². The Balaban J connectivity index is 2.45. The zero-order chi connectivity index (χ0) is 14.0. The van der Waals surface area contributed by atoms with Crippen molar-refractivity contribution in [3.63, 3.8) is 0 Å². The van der Waals surface area contributed by atoms with Crippen molar-refractivity contribution in [1.82, 2.24) is 0 Å². The molecular formula is C13H6Cl2F2N2. The van der Waals surface area contributed by atoms with Gasteiger partial charge in [-0.15, -0.1) is 0 Å². The third kappa shape index (κ3) is 2.95. The fourth-order valence-corrected chi connectivity index (χ4v) is 1.93. The molecule has 2 nitrogen and oxygen atoms in total. The standard InChI is InChI=1S/C13H6Cl2F2N2/c14-8-1-2-12(7(3-8)6-18)19-13-10(15)4-9(16)5-11(13)17/h1-5,19H. The molecule has 1 N–H and O–H groups in total. The highest BCUT2D eigenvalue weighted by Gasteiger charge is 2.12. The van der Waals surface area contributed by atoms with E-state index in [9.17, 15) is 8.78 Å². The van der Waals surface area contributed by atoms with E-state index in [4.69, 9.17) is 28.5 Å². The monoisotopic (exact) mass is 298 g/mol. The van der Waals surface area contributed by atoms with Crippen LogP contribution in [0, 0.1) is 23.0 Å². The lowest BCUT2D eigenvalue weighted by atomic mass is 10.2. The first kappa shape index (κ1) is 13.6. The van der Waals surface area contributed by atoms with E-state index in [1.165, 1.54) is 12.1 Å². The van der Waals surface area contributed by atoms with Crippen LogP contribution >= 0.6 is 23.2 Å². The molecule has 2 aromatic carbocycles. The molecule has 2 rings (SSSR count). The molecule has 0 unspecified atom stereocenters. The summed E-state index contributed by atoms with van der Waals surface area (Å²) in [6, 6.07) is 8.09. The van der Waals surface area contributed by atoms with E-state index < -0.39 is 11.6 Å². The Labute approximate surface area is 118 Å². The summed E-state index contributed by atoms with van der Waals surface area (Å²) in [5.74, 6) is -1.62. The van der Waals surface area contributed by atoms with Gasteiger partial charge in [-0.25, -0.2) is 8.78 Å². The van der Waals surface area contributed by atoms with Crippen LogP contribution in [0.5, 0.6) is 0 Å². The predicted octanol–water partition coefficient (Wildman–Crippen LogP) is 4.89. The van der Waals surface area contributed by atoms with Gasteiger partial charge in [-0.05, 0) is 24.3 Å². The maximum Gasteiger partial charge on any atom is 0.151 e. The summed E-state index contributed by atoms with van der Waals surface area (Å²) < 4.78 is 26.5. The smallest absolute Gasteiger partial charge is 0.151 e. The average molecular weight is 299 g/mol. The van der Waals surface area contributed by atoms with Crippen molar-refractivity contribution < 1.29 is 8.78 Å². The molecule has 0 radical (unpaired) electrons. The normalized spacial score (nSPS) is 10.1. The molecule has 0 aromatic heterocycles. The summed E-state index contributed by atoms with van der Waals surface area (Å²) in [5.41, 5.74) is 0.466. The predicted molar refractivity (Wildman–Crippen MR) is 70.8 cm³/mol. The summed E-state index contributed by atoms with van der Waals surface area (Å²) in [4.78, 5) is 0. The minimum atomic E-state index is -0.844. The Morgan fingerprint density at radius 2 is 1.84 bits per heavy atom. The number of rotatable bonds is 2. The van der Waals surface area contributed by atoms with Gasteiger partial charge in [-0.2, -0.15) is 5.26 Å². The zero-order valence-electron chi connectivity index (χ0n) is 9.35. The number of nitrogens with zero attached hydrogens (tertiary/aromatic N) is 1. The lowest BCUT2D eigenvalue weighted by molar-refractivity contribution is 0.586. The van der Waals surface area contributed by atoms with Crippen LogP contribution < -0.4 is 5.32 Å². The van der Waals surface area contributed by atoms with Crippen molar-refractivity contribution in [3.05, 3.63) is 57.6 Å². The number of halogens is 4. The number of benzene rings is 2. The van der Waals surface area contributed by atoms with Gasteiger partial charge in [0.15, 0.2) is 5.82 Å². The van der Waals surface area contributed by atoms with Crippen molar-refractivity contribution in [3.8, 4) is 6.07 Å². The highest BCUT2D eigenvalue weighted by atomic mass is 35.5. The highest BCUT2D eigenvalue weighted by Crippen LogP contribution is 2.31. The molecule has 0 atom stereocenters. The third-order valence-corrected chi connectivity index (χ3v) is 2.90. The Bertz CT molecular complexity index is 658. The maximum absolute atomic E-state index is 13.6. The first-order chi connectivity index (χ1) is 9.01. The van der Waals surface area contributed by atoms with Crippen LogP contribution in [0.2, 0.25) is 10.0 Å². The van der Waals surface area contributed by atoms with E-state index >= 15 is 0 Å². The first-order valence-corrected chi connectivity index (χ1v) is 5.88. The van der Waals surface area contributed by atoms with Gasteiger partial charge in [0.05, 0.1) is 22.0 Å². The quantitative estimate of drug-likeness (QED) is 0.857. The van der Waals surface area contributed by atoms with Gasteiger partial charge in [0.1, 0.15) is 11.9 Å². The maximum atomic E-state index is 13.6. The molecule has 0 aliphatic heterocycles. The fraction of sp³-hybridized carbons (Fsp3) is 0. The van der Waals surface area contributed by atoms with Gasteiger partial charge in [-0.3, -0.25) is 0 Å². The van der Waals surface area contributed by atoms with Gasteiger partial charge in [-0.1, -0.05) is 23.2 Å². The Kier molecular flexibility index (Phi) is 3.89. The number of hydrogen-bond donors (Lipinski definition) is 1. The largest absolute Gasteiger partial charge is 0.351 e. The minimum absolute atomic E-state index is 0.0955. The topological polar surface area (TPSA) is 35.8 Å². The van der Waals surface area contributed by atoms with E-state index in [0.29, 0.717) is 16.8 Å². The molecule has 0 saturated carbocycles. The summed E-state index contributed by atoms with van der Waals surface area (Å²) in [7, 11) is 0. The second-order valence-electron chi connectivity index (χ2n) is 3.67. The summed E-state index contributed by atoms with van der Waals surface area (Å²) >= 11 is 11.5. The van der Waals surface area contributed by atoms with Crippen molar-refractivity contribution >= 4 is 34.6 Å². The molecule has 19 heavy (non-hydrogen) atoms. The molecule has 6 heteroatoms. The molecule has 96 valence electrons. The fourth-order valence-electron chi connectivity index (χ4n) is 1.51. The molecule has 0 aliphatic rings. The molecule has 0 saturated heterocycles. The van der Waals surface area contributed by atoms with Crippen LogP contribution in [0.25, 0.3) is 0 Å². The number of anilines is 2. The lowest BCUT2D eigenvalue weighted by Crippen LogP contribution is -1.98. The van der Waals surface area contributed by atoms with E-state index in [2.05, 4.69) is 5.32 Å². The van der Waals surface area contributed by atoms with Gasteiger partial charge in [0.2, 0.25) is 0 Å². The van der Waals surface area contributed by atoms with Crippen molar-refractivity contribution in [2.75, 3.05) is 5.32 Å². The number of nitriles is 1. The van der Waals surface area contributed by atoms with Gasteiger partial charge in [0.25, 0.3) is 0 Å². The average Bonchev–Trinajstić information content (AvgIpc) is 2.35. The Hall–Kier alpha value is -1.83. The Morgan fingerprint density at radius 3 is 2.47 bits per heavy atom. The first-order valence-electron chi connectivity index (χ1n) is 5.12. The van der Waals surface area contributed by atoms with Crippen molar-refractivity contribution in [2.45, 2.75) is 0 Å². The van der Waals surface area contributed by atoms with E-state index in [1.807, 2.05) is 6.07 Å². The van der Waals surface area contributed by atoms with E-state index in [1.54, 1.807) is 6.07 Å².